The van der Waals surface area contributed by atoms with Gasteiger partial charge in [-0.25, -0.2) is 9.37 Å². The van der Waals surface area contributed by atoms with Crippen molar-refractivity contribution in [3.05, 3.63) is 51.2 Å². The molecule has 1 amide bonds. The summed E-state index contributed by atoms with van der Waals surface area (Å²) in [4.78, 5) is 20.4. The minimum absolute atomic E-state index is 0.0734. The molecular formula is C18H22FN3OS. The van der Waals surface area contributed by atoms with Gasteiger partial charge in [0.05, 0.1) is 10.7 Å². The zero-order valence-electron chi connectivity index (χ0n) is 14.0. The summed E-state index contributed by atoms with van der Waals surface area (Å²) in [5.41, 5.74) is 2.03. The van der Waals surface area contributed by atoms with Crippen molar-refractivity contribution in [3.63, 3.8) is 0 Å². The van der Waals surface area contributed by atoms with Crippen LogP contribution in [0.15, 0.2) is 24.3 Å². The van der Waals surface area contributed by atoms with E-state index in [0.717, 1.165) is 29.8 Å². The Morgan fingerprint density at radius 2 is 2.08 bits per heavy atom. The lowest BCUT2D eigenvalue weighted by molar-refractivity contribution is -0.125. The molecule has 0 spiro atoms. The molecule has 0 saturated carbocycles. The van der Waals surface area contributed by atoms with E-state index >= 15 is 0 Å². The van der Waals surface area contributed by atoms with Crippen LogP contribution >= 0.6 is 11.3 Å². The zero-order chi connectivity index (χ0) is 17.1. The molecule has 0 aliphatic heterocycles. The van der Waals surface area contributed by atoms with Crippen molar-refractivity contribution < 1.29 is 9.18 Å². The second-order valence-corrected chi connectivity index (χ2v) is 7.46. The average Bonchev–Trinajstić information content (AvgIpc) is 3.10. The largest absolute Gasteiger partial charge is 0.354 e. The lowest BCUT2D eigenvalue weighted by Crippen LogP contribution is -2.37. The first-order valence-corrected chi connectivity index (χ1v) is 9.03. The van der Waals surface area contributed by atoms with Crippen molar-refractivity contribution in [1.29, 1.82) is 0 Å². The lowest BCUT2D eigenvalue weighted by Gasteiger charge is -2.23. The number of aryl methyl sites for hydroxylation is 2. The standard InChI is InChI=1S/C18H22FN3OS/c1-22(2)17(12-6-8-13(19)9-7-12)18(23)20-11-10-16-21-14-4-3-5-15(14)24-16/h6-9,17H,3-5,10-11H2,1-2H3,(H,20,23)/t17-/m1/s1. The fourth-order valence-electron chi connectivity index (χ4n) is 3.07. The summed E-state index contributed by atoms with van der Waals surface area (Å²) in [6, 6.07) is 5.66. The zero-order valence-corrected chi connectivity index (χ0v) is 14.8. The molecule has 128 valence electrons. The fourth-order valence-corrected chi connectivity index (χ4v) is 4.23. The van der Waals surface area contributed by atoms with E-state index in [4.69, 9.17) is 0 Å². The van der Waals surface area contributed by atoms with Crippen LogP contribution in [-0.4, -0.2) is 36.4 Å². The first kappa shape index (κ1) is 17.0. The Labute approximate surface area is 145 Å². The number of hydrogen-bond acceptors (Lipinski definition) is 4. The highest BCUT2D eigenvalue weighted by atomic mass is 32.1. The number of carbonyl (C=O) groups excluding carboxylic acids is 1. The van der Waals surface area contributed by atoms with Crippen LogP contribution in [0.5, 0.6) is 0 Å². The number of thiazole rings is 1. The predicted molar refractivity (Wildman–Crippen MR) is 93.7 cm³/mol. The number of nitrogens with one attached hydrogen (secondary N) is 1. The van der Waals surface area contributed by atoms with E-state index in [1.54, 1.807) is 23.5 Å². The molecule has 1 aliphatic carbocycles. The number of carbonyl (C=O) groups is 1. The minimum Gasteiger partial charge on any atom is -0.354 e. The summed E-state index contributed by atoms with van der Waals surface area (Å²) in [7, 11) is 3.69. The van der Waals surface area contributed by atoms with Crippen LogP contribution in [0, 0.1) is 5.82 Å². The molecule has 3 rings (SSSR count). The normalized spacial score (nSPS) is 14.7. The number of rotatable bonds is 6. The SMILES string of the molecule is CN(C)[C@@H](C(=O)NCCc1nc2c(s1)CCC2)c1ccc(F)cc1. The topological polar surface area (TPSA) is 45.2 Å². The molecule has 0 bridgehead atoms. The van der Waals surface area contributed by atoms with E-state index in [-0.39, 0.29) is 11.7 Å². The van der Waals surface area contributed by atoms with Crippen molar-refractivity contribution in [3.8, 4) is 0 Å². The van der Waals surface area contributed by atoms with Gasteiger partial charge >= 0.3 is 0 Å². The van der Waals surface area contributed by atoms with Crippen LogP contribution in [-0.2, 0) is 24.1 Å². The van der Waals surface area contributed by atoms with Gasteiger partial charge in [-0.3, -0.25) is 9.69 Å². The number of likely N-dealkylation sites (N-methyl/N-ethyl adjacent to an activating group) is 1. The molecule has 2 aromatic rings. The number of aromatic nitrogens is 1. The van der Waals surface area contributed by atoms with Crippen molar-refractivity contribution in [2.45, 2.75) is 31.7 Å². The van der Waals surface area contributed by atoms with Gasteiger partial charge in [0.15, 0.2) is 0 Å². The molecule has 1 aliphatic rings. The van der Waals surface area contributed by atoms with Crippen LogP contribution in [0.2, 0.25) is 0 Å². The summed E-state index contributed by atoms with van der Waals surface area (Å²) in [6.07, 6.45) is 4.21. The Morgan fingerprint density at radius 1 is 1.33 bits per heavy atom. The van der Waals surface area contributed by atoms with Gasteiger partial charge in [-0.2, -0.15) is 0 Å². The van der Waals surface area contributed by atoms with Crippen LogP contribution in [0.1, 0.15) is 33.6 Å². The number of fused-ring (bicyclic) bond motifs is 1. The van der Waals surface area contributed by atoms with Crippen LogP contribution in [0.25, 0.3) is 0 Å². The number of nitrogens with zero attached hydrogens (tertiary/aromatic N) is 2. The van der Waals surface area contributed by atoms with E-state index < -0.39 is 6.04 Å². The molecule has 4 nitrogen and oxygen atoms in total. The Kier molecular flexibility index (Phi) is 5.26. The van der Waals surface area contributed by atoms with Gasteiger partial charge in [0, 0.05) is 17.8 Å². The van der Waals surface area contributed by atoms with Crippen LogP contribution in [0.3, 0.4) is 0 Å². The highest BCUT2D eigenvalue weighted by molar-refractivity contribution is 7.11. The molecule has 1 heterocycles. The fraction of sp³-hybridized carbons (Fsp3) is 0.444. The monoisotopic (exact) mass is 347 g/mol. The van der Waals surface area contributed by atoms with Gasteiger partial charge in [-0.1, -0.05) is 12.1 Å². The summed E-state index contributed by atoms with van der Waals surface area (Å²) in [6.45, 7) is 0.566. The van der Waals surface area contributed by atoms with E-state index in [2.05, 4.69) is 10.3 Å². The molecular weight excluding hydrogens is 325 g/mol. The molecule has 0 fully saturated rings. The molecule has 1 N–H and O–H groups in total. The number of benzene rings is 1. The van der Waals surface area contributed by atoms with Crippen LogP contribution in [0.4, 0.5) is 4.39 Å². The third-order valence-corrected chi connectivity index (χ3v) is 5.45. The predicted octanol–water partition coefficient (Wildman–Crippen LogP) is 2.73. The highest BCUT2D eigenvalue weighted by Gasteiger charge is 2.23. The van der Waals surface area contributed by atoms with Gasteiger partial charge in [0.2, 0.25) is 5.91 Å². The number of amides is 1. The van der Waals surface area contributed by atoms with Gasteiger partial charge in [0.1, 0.15) is 11.9 Å². The van der Waals surface area contributed by atoms with Gasteiger partial charge in [0.25, 0.3) is 0 Å². The smallest absolute Gasteiger partial charge is 0.241 e. The molecule has 6 heteroatoms. The lowest BCUT2D eigenvalue weighted by atomic mass is 10.1. The summed E-state index contributed by atoms with van der Waals surface area (Å²) in [5.74, 6) is -0.371. The van der Waals surface area contributed by atoms with Gasteiger partial charge in [-0.05, 0) is 51.1 Å². The highest BCUT2D eigenvalue weighted by Crippen LogP contribution is 2.27. The van der Waals surface area contributed by atoms with Crippen LogP contribution < -0.4 is 5.32 Å². The maximum atomic E-state index is 13.1. The van der Waals surface area contributed by atoms with E-state index in [1.807, 2.05) is 19.0 Å². The van der Waals surface area contributed by atoms with Crippen molar-refractivity contribution in [2.75, 3.05) is 20.6 Å². The first-order valence-electron chi connectivity index (χ1n) is 8.21. The molecule has 0 saturated heterocycles. The Bertz CT molecular complexity index is 690. The van der Waals surface area contributed by atoms with Gasteiger partial charge < -0.3 is 5.32 Å². The average molecular weight is 347 g/mol. The van der Waals surface area contributed by atoms with Crippen molar-refractivity contribution in [2.24, 2.45) is 0 Å². The second-order valence-electron chi connectivity index (χ2n) is 6.29. The molecule has 0 unspecified atom stereocenters. The number of halogens is 1. The van der Waals surface area contributed by atoms with E-state index in [9.17, 15) is 9.18 Å². The Morgan fingerprint density at radius 3 is 2.75 bits per heavy atom. The first-order chi connectivity index (χ1) is 11.5. The molecule has 1 aromatic heterocycles. The van der Waals surface area contributed by atoms with E-state index in [0.29, 0.717) is 6.54 Å². The maximum Gasteiger partial charge on any atom is 0.241 e. The molecule has 0 radical (unpaired) electrons. The Hall–Kier alpha value is -1.79. The summed E-state index contributed by atoms with van der Waals surface area (Å²) >= 11 is 1.77. The maximum absolute atomic E-state index is 13.1. The van der Waals surface area contributed by atoms with E-state index in [1.165, 1.54) is 29.1 Å². The summed E-state index contributed by atoms with van der Waals surface area (Å²) in [5, 5.41) is 4.08. The molecule has 1 aromatic carbocycles. The second kappa shape index (κ2) is 7.40. The third-order valence-electron chi connectivity index (χ3n) is 4.23. The quantitative estimate of drug-likeness (QED) is 0.874. The minimum atomic E-state index is -0.424. The third kappa shape index (κ3) is 3.82. The van der Waals surface area contributed by atoms with Gasteiger partial charge in [-0.15, -0.1) is 11.3 Å². The molecule has 1 atom stereocenters. The Balaban J connectivity index is 1.58. The number of hydrogen-bond donors (Lipinski definition) is 1. The molecule has 24 heavy (non-hydrogen) atoms. The summed E-state index contributed by atoms with van der Waals surface area (Å²) < 4.78 is 13.1. The van der Waals surface area contributed by atoms with Crippen molar-refractivity contribution >= 4 is 17.2 Å². The van der Waals surface area contributed by atoms with Crippen molar-refractivity contribution in [1.82, 2.24) is 15.2 Å².